The van der Waals surface area contributed by atoms with Crippen LogP contribution in [0.3, 0.4) is 0 Å². The fraction of sp³-hybridized carbons (Fsp3) is 0.636. The molecule has 0 unspecified atom stereocenters. The molecule has 0 saturated heterocycles. The first kappa shape index (κ1) is 22.2. The minimum atomic E-state index is -0.557. The Labute approximate surface area is 159 Å². The van der Waals surface area contributed by atoms with Gasteiger partial charge in [-0.2, -0.15) is 0 Å². The van der Waals surface area contributed by atoms with Crippen LogP contribution in [0.15, 0.2) is 24.3 Å². The number of nitrogens with one attached hydrogen (secondary N) is 2. The number of hydrogen-bond acceptors (Lipinski definition) is 2. The van der Waals surface area contributed by atoms with Crippen molar-refractivity contribution in [1.82, 2.24) is 10.6 Å². The number of amides is 2. The third kappa shape index (κ3) is 10.9. The second kappa shape index (κ2) is 14.3. The van der Waals surface area contributed by atoms with E-state index in [0.29, 0.717) is 13.1 Å². The topological polar surface area (TPSA) is 58.2 Å². The van der Waals surface area contributed by atoms with Gasteiger partial charge in [0.1, 0.15) is 0 Å². The molecule has 1 rings (SSSR count). The second-order valence-electron chi connectivity index (χ2n) is 7.11. The van der Waals surface area contributed by atoms with E-state index in [4.69, 9.17) is 0 Å². The van der Waals surface area contributed by atoms with Crippen LogP contribution in [-0.2, 0) is 16.1 Å². The lowest BCUT2D eigenvalue weighted by Gasteiger charge is -2.07. The zero-order valence-electron chi connectivity index (χ0n) is 16.6. The first-order valence-electron chi connectivity index (χ1n) is 10.2. The lowest BCUT2D eigenvalue weighted by Crippen LogP contribution is -2.39. The summed E-state index contributed by atoms with van der Waals surface area (Å²) in [5, 5.41) is 5.37. The van der Waals surface area contributed by atoms with Gasteiger partial charge in [-0.25, -0.2) is 0 Å². The Morgan fingerprint density at radius 1 is 0.808 bits per heavy atom. The molecule has 0 heterocycles. The highest BCUT2D eigenvalue weighted by molar-refractivity contribution is 6.35. The fourth-order valence-electron chi connectivity index (χ4n) is 2.98. The summed E-state index contributed by atoms with van der Waals surface area (Å²) in [6.45, 7) is 5.20. The van der Waals surface area contributed by atoms with Crippen LogP contribution in [-0.4, -0.2) is 18.4 Å². The Balaban J connectivity index is 1.98. The number of carbonyl (C=O) groups excluding carboxylic acids is 2. The van der Waals surface area contributed by atoms with Gasteiger partial charge in [-0.05, 0) is 18.9 Å². The summed E-state index contributed by atoms with van der Waals surface area (Å²) in [6, 6.07) is 7.89. The molecule has 0 atom stereocenters. The van der Waals surface area contributed by atoms with Gasteiger partial charge < -0.3 is 10.6 Å². The lowest BCUT2D eigenvalue weighted by atomic mass is 10.1. The third-order valence-electron chi connectivity index (χ3n) is 4.56. The van der Waals surface area contributed by atoms with Gasteiger partial charge in [-0.3, -0.25) is 9.59 Å². The average Bonchev–Trinajstić information content (AvgIpc) is 2.64. The minimum Gasteiger partial charge on any atom is -0.348 e. The number of aryl methyl sites for hydroxylation is 1. The van der Waals surface area contributed by atoms with Crippen LogP contribution in [0.25, 0.3) is 0 Å². The van der Waals surface area contributed by atoms with Crippen molar-refractivity contribution >= 4 is 11.8 Å². The monoisotopic (exact) mass is 360 g/mol. The van der Waals surface area contributed by atoms with Gasteiger partial charge in [-0.15, -0.1) is 0 Å². The highest BCUT2D eigenvalue weighted by Gasteiger charge is 2.11. The molecule has 26 heavy (non-hydrogen) atoms. The zero-order valence-corrected chi connectivity index (χ0v) is 16.6. The molecule has 4 heteroatoms. The SMILES string of the molecule is CCCCCCCCCCCCNC(=O)C(=O)NCc1cccc(C)c1. The molecule has 0 radical (unpaired) electrons. The quantitative estimate of drug-likeness (QED) is 0.397. The summed E-state index contributed by atoms with van der Waals surface area (Å²) in [7, 11) is 0. The maximum Gasteiger partial charge on any atom is 0.309 e. The summed E-state index contributed by atoms with van der Waals surface area (Å²) in [5.74, 6) is -1.09. The van der Waals surface area contributed by atoms with Gasteiger partial charge in [0.2, 0.25) is 0 Å². The molecule has 1 aromatic rings. The maximum absolute atomic E-state index is 11.8. The van der Waals surface area contributed by atoms with Crippen LogP contribution in [0.2, 0.25) is 0 Å². The van der Waals surface area contributed by atoms with Gasteiger partial charge in [0.05, 0.1) is 0 Å². The largest absolute Gasteiger partial charge is 0.348 e. The molecule has 4 nitrogen and oxygen atoms in total. The van der Waals surface area contributed by atoms with Gasteiger partial charge in [0.25, 0.3) is 0 Å². The Morgan fingerprint density at radius 3 is 2.00 bits per heavy atom. The van der Waals surface area contributed by atoms with Gasteiger partial charge in [0.15, 0.2) is 0 Å². The maximum atomic E-state index is 11.8. The number of hydrogen-bond donors (Lipinski definition) is 2. The van der Waals surface area contributed by atoms with Crippen LogP contribution in [0.1, 0.15) is 82.3 Å². The van der Waals surface area contributed by atoms with E-state index in [9.17, 15) is 9.59 Å². The van der Waals surface area contributed by atoms with E-state index < -0.39 is 11.8 Å². The Kier molecular flexibility index (Phi) is 12.2. The van der Waals surface area contributed by atoms with Crippen molar-refractivity contribution in [3.8, 4) is 0 Å². The standard InChI is InChI=1S/C22H36N2O2/c1-3-4-5-6-7-8-9-10-11-12-16-23-21(25)22(26)24-18-20-15-13-14-19(2)17-20/h13-15,17H,3-12,16,18H2,1-2H3,(H,23,25)(H,24,26). The first-order valence-corrected chi connectivity index (χ1v) is 10.2. The van der Waals surface area contributed by atoms with Crippen molar-refractivity contribution in [2.24, 2.45) is 0 Å². The van der Waals surface area contributed by atoms with Crippen molar-refractivity contribution in [3.63, 3.8) is 0 Å². The van der Waals surface area contributed by atoms with Crippen LogP contribution < -0.4 is 10.6 Å². The van der Waals surface area contributed by atoms with Crippen LogP contribution >= 0.6 is 0 Å². The lowest BCUT2D eigenvalue weighted by molar-refractivity contribution is -0.139. The van der Waals surface area contributed by atoms with Gasteiger partial charge in [0, 0.05) is 13.1 Å². The normalized spacial score (nSPS) is 10.5. The molecule has 0 aliphatic heterocycles. The minimum absolute atomic E-state index is 0.381. The molecule has 0 saturated carbocycles. The Bertz CT molecular complexity index is 529. The molecule has 0 aromatic heterocycles. The number of benzene rings is 1. The van der Waals surface area contributed by atoms with Crippen molar-refractivity contribution in [1.29, 1.82) is 0 Å². The van der Waals surface area contributed by atoms with E-state index in [2.05, 4.69) is 17.6 Å². The van der Waals surface area contributed by atoms with Gasteiger partial charge >= 0.3 is 11.8 Å². The molecule has 0 aliphatic rings. The molecular weight excluding hydrogens is 324 g/mol. The summed E-state index contributed by atoms with van der Waals surface area (Å²) in [4.78, 5) is 23.6. The summed E-state index contributed by atoms with van der Waals surface area (Å²) < 4.78 is 0. The van der Waals surface area contributed by atoms with Crippen LogP contribution in [0.5, 0.6) is 0 Å². The molecule has 0 spiro atoms. The fourth-order valence-corrected chi connectivity index (χ4v) is 2.98. The van der Waals surface area contributed by atoms with Crippen molar-refractivity contribution in [3.05, 3.63) is 35.4 Å². The molecule has 146 valence electrons. The Hall–Kier alpha value is -1.84. The summed E-state index contributed by atoms with van der Waals surface area (Å²) >= 11 is 0. The molecular formula is C22H36N2O2. The second-order valence-corrected chi connectivity index (χ2v) is 7.11. The highest BCUT2D eigenvalue weighted by Crippen LogP contribution is 2.10. The van der Waals surface area contributed by atoms with E-state index in [1.54, 1.807) is 0 Å². The third-order valence-corrected chi connectivity index (χ3v) is 4.56. The molecule has 2 amide bonds. The molecule has 0 bridgehead atoms. The smallest absolute Gasteiger partial charge is 0.309 e. The summed E-state index contributed by atoms with van der Waals surface area (Å²) in [6.07, 6.45) is 12.6. The average molecular weight is 361 g/mol. The molecule has 1 aromatic carbocycles. The summed E-state index contributed by atoms with van der Waals surface area (Å²) in [5.41, 5.74) is 2.14. The van der Waals surface area contributed by atoms with E-state index in [0.717, 1.165) is 24.0 Å². The van der Waals surface area contributed by atoms with Crippen molar-refractivity contribution < 1.29 is 9.59 Å². The molecule has 0 aliphatic carbocycles. The number of rotatable bonds is 13. The number of unbranched alkanes of at least 4 members (excludes halogenated alkanes) is 9. The Morgan fingerprint density at radius 2 is 1.38 bits per heavy atom. The van der Waals surface area contributed by atoms with Crippen molar-refractivity contribution in [2.45, 2.75) is 84.6 Å². The highest BCUT2D eigenvalue weighted by atomic mass is 16.2. The number of carbonyl (C=O) groups is 2. The molecule has 0 fully saturated rings. The predicted molar refractivity (Wildman–Crippen MR) is 108 cm³/mol. The molecule has 2 N–H and O–H groups in total. The van der Waals surface area contributed by atoms with Crippen molar-refractivity contribution in [2.75, 3.05) is 6.54 Å². The van der Waals surface area contributed by atoms with E-state index in [-0.39, 0.29) is 0 Å². The van der Waals surface area contributed by atoms with Crippen LogP contribution in [0.4, 0.5) is 0 Å². The van der Waals surface area contributed by atoms with E-state index in [1.165, 1.54) is 51.4 Å². The zero-order chi connectivity index (χ0) is 19.0. The predicted octanol–water partition coefficient (Wildman–Crippen LogP) is 4.65. The van der Waals surface area contributed by atoms with E-state index >= 15 is 0 Å². The first-order chi connectivity index (χ1) is 12.6. The van der Waals surface area contributed by atoms with Crippen LogP contribution in [0, 0.1) is 6.92 Å². The van der Waals surface area contributed by atoms with Gasteiger partial charge in [-0.1, -0.05) is 94.5 Å². The van der Waals surface area contributed by atoms with E-state index in [1.807, 2.05) is 31.2 Å².